The maximum Gasteiger partial charge on any atom is 0.246 e. The molecule has 1 aliphatic heterocycles. The molecule has 2 rings (SSSR count). The van der Waals surface area contributed by atoms with Gasteiger partial charge in [0.15, 0.2) is 0 Å². The van der Waals surface area contributed by atoms with Crippen LogP contribution in [0.2, 0.25) is 5.02 Å². The van der Waals surface area contributed by atoms with Crippen LogP contribution in [0.4, 0.5) is 0 Å². The molecule has 0 unspecified atom stereocenters. The van der Waals surface area contributed by atoms with Crippen LogP contribution >= 0.6 is 11.6 Å². The van der Waals surface area contributed by atoms with Crippen molar-refractivity contribution in [2.45, 2.75) is 11.8 Å². The summed E-state index contributed by atoms with van der Waals surface area (Å²) in [5.41, 5.74) is 0.792. The number of methoxy groups -OCH3 is 1. The van der Waals surface area contributed by atoms with Crippen LogP contribution in [-0.2, 0) is 10.0 Å². The molecule has 0 bridgehead atoms. The number of rotatable bonds is 3. The van der Waals surface area contributed by atoms with Gasteiger partial charge in [-0.1, -0.05) is 11.6 Å². The molecular weight excluding hydrogens is 300 g/mol. The van der Waals surface area contributed by atoms with Crippen molar-refractivity contribution in [3.05, 3.63) is 22.7 Å². The monoisotopic (exact) mass is 318 g/mol. The number of ether oxygens (including phenoxy) is 1. The molecule has 1 saturated heterocycles. The number of hydrogen-bond acceptors (Lipinski definition) is 4. The van der Waals surface area contributed by atoms with E-state index in [-0.39, 0.29) is 4.90 Å². The Morgan fingerprint density at radius 2 is 1.80 bits per heavy atom. The van der Waals surface area contributed by atoms with Crippen LogP contribution in [0.1, 0.15) is 5.56 Å². The van der Waals surface area contributed by atoms with E-state index >= 15 is 0 Å². The summed E-state index contributed by atoms with van der Waals surface area (Å²) in [6.45, 7) is 4.22. The van der Waals surface area contributed by atoms with E-state index in [1.165, 1.54) is 17.5 Å². The Balaban J connectivity index is 2.41. The fourth-order valence-corrected chi connectivity index (χ4v) is 3.98. The van der Waals surface area contributed by atoms with Gasteiger partial charge < -0.3 is 9.64 Å². The Hall–Kier alpha value is -0.820. The van der Waals surface area contributed by atoms with Crippen molar-refractivity contribution in [3.63, 3.8) is 0 Å². The first-order chi connectivity index (χ1) is 9.36. The molecule has 0 aromatic heterocycles. The Morgan fingerprint density at radius 1 is 1.20 bits per heavy atom. The van der Waals surface area contributed by atoms with Crippen LogP contribution in [-0.4, -0.2) is 58.0 Å². The summed E-state index contributed by atoms with van der Waals surface area (Å²) in [6, 6.07) is 3.13. The van der Waals surface area contributed by atoms with Gasteiger partial charge in [0.25, 0.3) is 0 Å². The summed E-state index contributed by atoms with van der Waals surface area (Å²) >= 11 is 6.06. The third kappa shape index (κ3) is 2.93. The lowest BCUT2D eigenvalue weighted by molar-refractivity contribution is 0.222. The number of aryl methyl sites for hydroxylation is 1. The first kappa shape index (κ1) is 15.6. The second-order valence-electron chi connectivity index (χ2n) is 4.96. The van der Waals surface area contributed by atoms with Gasteiger partial charge in [0.05, 0.1) is 7.11 Å². The van der Waals surface area contributed by atoms with E-state index in [1.807, 2.05) is 14.0 Å². The van der Waals surface area contributed by atoms with Gasteiger partial charge >= 0.3 is 0 Å². The smallest absolute Gasteiger partial charge is 0.246 e. The Labute approximate surface area is 125 Å². The molecule has 1 aromatic carbocycles. The lowest BCUT2D eigenvalue weighted by atomic mass is 10.2. The molecule has 0 spiro atoms. The minimum absolute atomic E-state index is 0.139. The predicted molar refractivity (Wildman–Crippen MR) is 79.0 cm³/mol. The fraction of sp³-hybridized carbons (Fsp3) is 0.538. The predicted octanol–water partition coefficient (Wildman–Crippen LogP) is 1.59. The summed E-state index contributed by atoms with van der Waals surface area (Å²) in [5, 5.41) is 0.429. The normalized spacial score (nSPS) is 18.2. The molecule has 0 aliphatic carbocycles. The lowest BCUT2D eigenvalue weighted by Crippen LogP contribution is -2.47. The molecule has 1 aliphatic rings. The highest BCUT2D eigenvalue weighted by molar-refractivity contribution is 7.89. The van der Waals surface area contributed by atoms with E-state index in [0.717, 1.165) is 18.7 Å². The average Bonchev–Trinajstić information content (AvgIpc) is 2.41. The van der Waals surface area contributed by atoms with Gasteiger partial charge in [0.2, 0.25) is 10.0 Å². The van der Waals surface area contributed by atoms with E-state index in [4.69, 9.17) is 16.3 Å². The van der Waals surface area contributed by atoms with Crippen LogP contribution < -0.4 is 4.74 Å². The molecule has 112 valence electrons. The lowest BCUT2D eigenvalue weighted by Gasteiger charge is -2.31. The molecule has 7 heteroatoms. The van der Waals surface area contributed by atoms with E-state index < -0.39 is 10.0 Å². The molecule has 0 amide bonds. The van der Waals surface area contributed by atoms with Crippen molar-refractivity contribution in [2.24, 2.45) is 0 Å². The molecule has 0 N–H and O–H groups in total. The summed E-state index contributed by atoms with van der Waals surface area (Å²) in [5.74, 6) is 0.339. The Kier molecular flexibility index (Phi) is 4.59. The van der Waals surface area contributed by atoms with Crippen molar-refractivity contribution in [2.75, 3.05) is 40.3 Å². The largest absolute Gasteiger partial charge is 0.495 e. The topological polar surface area (TPSA) is 49.9 Å². The number of piperazine rings is 1. The third-order valence-electron chi connectivity index (χ3n) is 3.52. The maximum absolute atomic E-state index is 12.7. The zero-order valence-electron chi connectivity index (χ0n) is 11.9. The van der Waals surface area contributed by atoms with E-state index in [0.29, 0.717) is 23.9 Å². The number of sulfonamides is 1. The van der Waals surface area contributed by atoms with Crippen LogP contribution in [0, 0.1) is 6.92 Å². The van der Waals surface area contributed by atoms with Crippen LogP contribution in [0.3, 0.4) is 0 Å². The fourth-order valence-electron chi connectivity index (χ4n) is 2.17. The molecular formula is C13H19ClN2O3S. The first-order valence-corrected chi connectivity index (χ1v) is 8.21. The van der Waals surface area contributed by atoms with Crippen LogP contribution in [0.5, 0.6) is 5.75 Å². The summed E-state index contributed by atoms with van der Waals surface area (Å²) in [6.07, 6.45) is 0. The molecule has 1 heterocycles. The first-order valence-electron chi connectivity index (χ1n) is 6.39. The Morgan fingerprint density at radius 3 is 2.35 bits per heavy atom. The SMILES string of the molecule is COc1cc(C)c(Cl)cc1S(=O)(=O)N1CCN(C)CC1. The number of benzene rings is 1. The average molecular weight is 319 g/mol. The summed E-state index contributed by atoms with van der Waals surface area (Å²) < 4.78 is 32.1. The van der Waals surface area contributed by atoms with Gasteiger partial charge in [0, 0.05) is 31.2 Å². The van der Waals surface area contributed by atoms with Crippen molar-refractivity contribution in [3.8, 4) is 5.75 Å². The zero-order chi connectivity index (χ0) is 14.9. The van der Waals surface area contributed by atoms with Crippen LogP contribution in [0.15, 0.2) is 17.0 Å². The number of nitrogens with zero attached hydrogens (tertiary/aromatic N) is 2. The minimum Gasteiger partial charge on any atom is -0.495 e. The zero-order valence-corrected chi connectivity index (χ0v) is 13.5. The van der Waals surface area contributed by atoms with Gasteiger partial charge in [-0.05, 0) is 31.7 Å². The van der Waals surface area contributed by atoms with E-state index in [2.05, 4.69) is 4.90 Å². The highest BCUT2D eigenvalue weighted by Gasteiger charge is 2.30. The molecule has 20 heavy (non-hydrogen) atoms. The van der Waals surface area contributed by atoms with E-state index in [9.17, 15) is 8.42 Å². The van der Waals surface area contributed by atoms with E-state index in [1.54, 1.807) is 6.07 Å². The molecule has 5 nitrogen and oxygen atoms in total. The van der Waals surface area contributed by atoms with Crippen molar-refractivity contribution in [1.82, 2.24) is 9.21 Å². The van der Waals surface area contributed by atoms with Gasteiger partial charge in [-0.25, -0.2) is 8.42 Å². The second-order valence-corrected chi connectivity index (χ2v) is 7.27. The second kappa shape index (κ2) is 5.89. The van der Waals surface area contributed by atoms with Crippen molar-refractivity contribution >= 4 is 21.6 Å². The van der Waals surface area contributed by atoms with Gasteiger partial charge in [0.1, 0.15) is 10.6 Å². The van der Waals surface area contributed by atoms with Gasteiger partial charge in [-0.15, -0.1) is 0 Å². The van der Waals surface area contributed by atoms with Crippen LogP contribution in [0.25, 0.3) is 0 Å². The quantitative estimate of drug-likeness (QED) is 0.849. The Bertz CT molecular complexity index is 596. The number of likely N-dealkylation sites (N-methyl/N-ethyl adjacent to an activating group) is 1. The molecule has 1 fully saturated rings. The highest BCUT2D eigenvalue weighted by atomic mass is 35.5. The third-order valence-corrected chi connectivity index (χ3v) is 5.85. The standard InChI is InChI=1S/C13H19ClN2O3S/c1-10-8-12(19-3)13(9-11(10)14)20(17,18)16-6-4-15(2)5-7-16/h8-9H,4-7H2,1-3H3. The minimum atomic E-state index is -3.57. The summed E-state index contributed by atoms with van der Waals surface area (Å²) in [4.78, 5) is 2.24. The maximum atomic E-state index is 12.7. The molecule has 0 radical (unpaired) electrons. The molecule has 0 atom stereocenters. The molecule has 1 aromatic rings. The van der Waals surface area contributed by atoms with Gasteiger partial charge in [-0.3, -0.25) is 0 Å². The summed E-state index contributed by atoms with van der Waals surface area (Å²) in [7, 11) is -0.127. The van der Waals surface area contributed by atoms with Gasteiger partial charge in [-0.2, -0.15) is 4.31 Å². The highest BCUT2D eigenvalue weighted by Crippen LogP contribution is 2.32. The molecule has 0 saturated carbocycles. The van der Waals surface area contributed by atoms with Crippen molar-refractivity contribution < 1.29 is 13.2 Å². The van der Waals surface area contributed by atoms with Crippen molar-refractivity contribution in [1.29, 1.82) is 0 Å². The number of hydrogen-bond donors (Lipinski definition) is 0. The number of halogens is 1.